The molecule has 0 aliphatic heterocycles. The van der Waals surface area contributed by atoms with Gasteiger partial charge in [0.2, 0.25) is 0 Å². The minimum Gasteiger partial charge on any atom is -0.489 e. The van der Waals surface area contributed by atoms with Crippen LogP contribution < -0.4 is 10.1 Å². The summed E-state index contributed by atoms with van der Waals surface area (Å²) in [7, 11) is 0. The lowest BCUT2D eigenvalue weighted by Crippen LogP contribution is -2.12. The van der Waals surface area contributed by atoms with Gasteiger partial charge in [0.15, 0.2) is 0 Å². The Hall–Kier alpha value is -1.46. The monoisotopic (exact) mass is 355 g/mol. The molecule has 0 radical (unpaired) electrons. The Morgan fingerprint density at radius 3 is 2.62 bits per heavy atom. The van der Waals surface area contributed by atoms with E-state index in [9.17, 15) is 8.78 Å². The lowest BCUT2D eigenvalue weighted by atomic mass is 10.2. The summed E-state index contributed by atoms with van der Waals surface area (Å²) in [5, 5.41) is 3.14. The zero-order valence-corrected chi connectivity index (χ0v) is 13.2. The molecule has 0 bridgehead atoms. The molecule has 21 heavy (non-hydrogen) atoms. The first-order chi connectivity index (χ1) is 10.1. The Labute approximate surface area is 131 Å². The van der Waals surface area contributed by atoms with Gasteiger partial charge >= 0.3 is 0 Å². The van der Waals surface area contributed by atoms with Gasteiger partial charge in [-0.1, -0.05) is 28.9 Å². The predicted molar refractivity (Wildman–Crippen MR) is 82.2 cm³/mol. The molecule has 0 saturated carbocycles. The van der Waals surface area contributed by atoms with Crippen molar-refractivity contribution in [3.8, 4) is 5.75 Å². The molecular formula is C16H16BrF2NO. The Morgan fingerprint density at radius 2 is 1.90 bits per heavy atom. The number of hydrogen-bond donors (Lipinski definition) is 1. The fourth-order valence-corrected chi connectivity index (χ4v) is 2.34. The van der Waals surface area contributed by atoms with Crippen LogP contribution in [-0.4, -0.2) is 6.54 Å². The molecule has 0 saturated heterocycles. The van der Waals surface area contributed by atoms with E-state index < -0.39 is 0 Å². The smallest absolute Gasteiger partial charge is 0.127 e. The van der Waals surface area contributed by atoms with Crippen molar-refractivity contribution < 1.29 is 13.5 Å². The number of benzene rings is 2. The molecule has 0 fully saturated rings. The third-order valence-electron chi connectivity index (χ3n) is 2.92. The molecule has 2 nitrogen and oxygen atoms in total. The first kappa shape index (κ1) is 15.9. The van der Waals surface area contributed by atoms with Gasteiger partial charge in [-0.05, 0) is 36.4 Å². The highest BCUT2D eigenvalue weighted by Gasteiger charge is 2.05. The van der Waals surface area contributed by atoms with Gasteiger partial charge in [-0.25, -0.2) is 8.78 Å². The second-order valence-electron chi connectivity index (χ2n) is 4.60. The van der Waals surface area contributed by atoms with Crippen molar-refractivity contribution in [2.24, 2.45) is 0 Å². The molecule has 1 N–H and O–H groups in total. The van der Waals surface area contributed by atoms with E-state index in [2.05, 4.69) is 21.2 Å². The van der Waals surface area contributed by atoms with Crippen LogP contribution >= 0.6 is 15.9 Å². The van der Waals surface area contributed by atoms with Gasteiger partial charge in [-0.15, -0.1) is 0 Å². The molecule has 2 rings (SSSR count). The van der Waals surface area contributed by atoms with E-state index in [1.165, 1.54) is 24.3 Å². The van der Waals surface area contributed by atoms with Crippen LogP contribution in [0.1, 0.15) is 18.1 Å². The van der Waals surface area contributed by atoms with Crippen molar-refractivity contribution in [2.75, 3.05) is 6.54 Å². The van der Waals surface area contributed by atoms with Crippen molar-refractivity contribution in [1.82, 2.24) is 5.32 Å². The largest absolute Gasteiger partial charge is 0.489 e. The summed E-state index contributed by atoms with van der Waals surface area (Å²) in [4.78, 5) is 0. The lowest BCUT2D eigenvalue weighted by molar-refractivity contribution is 0.303. The molecule has 0 aliphatic rings. The molecule has 0 aliphatic carbocycles. The number of ether oxygens (including phenoxy) is 1. The summed E-state index contributed by atoms with van der Waals surface area (Å²) >= 11 is 3.28. The maximum atomic E-state index is 13.5. The van der Waals surface area contributed by atoms with Crippen molar-refractivity contribution in [2.45, 2.75) is 20.1 Å². The average Bonchev–Trinajstić information content (AvgIpc) is 2.43. The van der Waals surface area contributed by atoms with Gasteiger partial charge in [-0.2, -0.15) is 0 Å². The number of hydrogen-bond acceptors (Lipinski definition) is 2. The van der Waals surface area contributed by atoms with Crippen LogP contribution in [0.4, 0.5) is 8.78 Å². The molecule has 2 aromatic rings. The van der Waals surface area contributed by atoms with Crippen LogP contribution in [0.25, 0.3) is 0 Å². The second-order valence-corrected chi connectivity index (χ2v) is 5.45. The molecule has 112 valence electrons. The highest BCUT2D eigenvalue weighted by Crippen LogP contribution is 2.22. The van der Waals surface area contributed by atoms with Crippen LogP contribution in [-0.2, 0) is 13.2 Å². The van der Waals surface area contributed by atoms with Crippen molar-refractivity contribution in [3.63, 3.8) is 0 Å². The Kier molecular flexibility index (Phi) is 5.70. The summed E-state index contributed by atoms with van der Waals surface area (Å²) in [6, 6.07) is 8.99. The van der Waals surface area contributed by atoms with E-state index >= 15 is 0 Å². The molecular weight excluding hydrogens is 340 g/mol. The van der Waals surface area contributed by atoms with Crippen LogP contribution in [0.5, 0.6) is 5.75 Å². The van der Waals surface area contributed by atoms with E-state index in [4.69, 9.17) is 4.74 Å². The van der Waals surface area contributed by atoms with E-state index in [-0.39, 0.29) is 18.2 Å². The molecule has 0 amide bonds. The summed E-state index contributed by atoms with van der Waals surface area (Å²) in [6.45, 7) is 3.63. The van der Waals surface area contributed by atoms with Gasteiger partial charge in [0, 0.05) is 22.6 Å². The van der Waals surface area contributed by atoms with E-state index in [1.807, 2.05) is 6.92 Å². The first-order valence-electron chi connectivity index (χ1n) is 6.65. The normalized spacial score (nSPS) is 10.7. The van der Waals surface area contributed by atoms with Gasteiger partial charge in [0.25, 0.3) is 0 Å². The van der Waals surface area contributed by atoms with Gasteiger partial charge in [0.1, 0.15) is 24.0 Å². The maximum absolute atomic E-state index is 13.5. The minimum absolute atomic E-state index is 0.241. The minimum atomic E-state index is -0.335. The Bertz CT molecular complexity index is 619. The third kappa shape index (κ3) is 4.79. The van der Waals surface area contributed by atoms with Gasteiger partial charge in [0.05, 0.1) is 0 Å². The quantitative estimate of drug-likeness (QED) is 0.828. The SMILES string of the molecule is CCNCc1cc(F)cc(OCc2ccc(F)cc2Br)c1. The van der Waals surface area contributed by atoms with Crippen LogP contribution in [0, 0.1) is 11.6 Å². The fourth-order valence-electron chi connectivity index (χ4n) is 1.88. The van der Waals surface area contributed by atoms with Crippen LogP contribution in [0.15, 0.2) is 40.9 Å². The summed E-state index contributed by atoms with van der Waals surface area (Å²) < 4.78 is 32.8. The Balaban J connectivity index is 2.07. The van der Waals surface area contributed by atoms with Crippen LogP contribution in [0.3, 0.4) is 0 Å². The predicted octanol–water partition coefficient (Wildman–Crippen LogP) is 4.42. The van der Waals surface area contributed by atoms with E-state index in [0.29, 0.717) is 16.8 Å². The number of nitrogens with one attached hydrogen (secondary N) is 1. The lowest BCUT2D eigenvalue weighted by Gasteiger charge is -2.10. The summed E-state index contributed by atoms with van der Waals surface area (Å²) in [5.74, 6) is -0.193. The molecule has 0 spiro atoms. The zero-order chi connectivity index (χ0) is 15.2. The van der Waals surface area contributed by atoms with Crippen molar-refractivity contribution in [1.29, 1.82) is 0 Å². The van der Waals surface area contributed by atoms with Gasteiger partial charge < -0.3 is 10.1 Å². The van der Waals surface area contributed by atoms with Crippen molar-refractivity contribution in [3.05, 3.63) is 63.6 Å². The summed E-state index contributed by atoms with van der Waals surface area (Å²) in [5.41, 5.74) is 1.62. The van der Waals surface area contributed by atoms with Crippen LogP contribution in [0.2, 0.25) is 0 Å². The van der Waals surface area contributed by atoms with E-state index in [1.54, 1.807) is 12.1 Å². The topological polar surface area (TPSA) is 21.3 Å². The Morgan fingerprint density at radius 1 is 1.10 bits per heavy atom. The van der Waals surface area contributed by atoms with Crippen molar-refractivity contribution >= 4 is 15.9 Å². The standard InChI is InChI=1S/C16H16BrF2NO/c1-2-20-9-11-5-14(19)7-15(6-11)21-10-12-3-4-13(18)8-16(12)17/h3-8,20H,2,9-10H2,1H3. The number of rotatable bonds is 6. The highest BCUT2D eigenvalue weighted by atomic mass is 79.9. The number of halogens is 3. The third-order valence-corrected chi connectivity index (χ3v) is 3.66. The molecule has 0 heterocycles. The average molecular weight is 356 g/mol. The first-order valence-corrected chi connectivity index (χ1v) is 7.44. The van der Waals surface area contributed by atoms with E-state index in [0.717, 1.165) is 17.7 Å². The highest BCUT2D eigenvalue weighted by molar-refractivity contribution is 9.10. The maximum Gasteiger partial charge on any atom is 0.127 e. The molecule has 0 atom stereocenters. The summed E-state index contributed by atoms with van der Waals surface area (Å²) in [6.07, 6.45) is 0. The molecule has 2 aromatic carbocycles. The second kappa shape index (κ2) is 7.52. The molecule has 0 aromatic heterocycles. The fraction of sp³-hybridized carbons (Fsp3) is 0.250. The van der Waals surface area contributed by atoms with Gasteiger partial charge in [-0.3, -0.25) is 0 Å². The zero-order valence-electron chi connectivity index (χ0n) is 11.6. The molecule has 5 heteroatoms. The molecule has 0 unspecified atom stereocenters.